The molecule has 1 aliphatic rings. The molecule has 1 atom stereocenters. The van der Waals surface area contributed by atoms with Gasteiger partial charge in [0.25, 0.3) is 0 Å². The molecule has 1 N–H and O–H groups in total. The molecule has 0 spiro atoms. The van der Waals surface area contributed by atoms with Gasteiger partial charge in [-0.15, -0.1) is 0 Å². The van der Waals surface area contributed by atoms with Gasteiger partial charge in [0.15, 0.2) is 0 Å². The maximum atomic E-state index is 12.2. The molecule has 1 rings (SSSR count). The third-order valence-electron chi connectivity index (χ3n) is 3.43. The topological polar surface area (TPSA) is 66.5 Å². The lowest BCUT2D eigenvalue weighted by molar-refractivity contribution is -0.151. The van der Waals surface area contributed by atoms with Crippen LogP contribution in [-0.4, -0.2) is 29.8 Å². The van der Waals surface area contributed by atoms with Crippen LogP contribution in [0.3, 0.4) is 0 Å². The van der Waals surface area contributed by atoms with Gasteiger partial charge < -0.3 is 0 Å². The summed E-state index contributed by atoms with van der Waals surface area (Å²) in [6, 6.07) is -0.631. The second-order valence-corrected chi connectivity index (χ2v) is 4.99. The lowest BCUT2D eigenvalue weighted by Gasteiger charge is -2.37. The van der Waals surface area contributed by atoms with Crippen molar-refractivity contribution in [1.82, 2.24) is 10.2 Å². The van der Waals surface area contributed by atoms with E-state index in [1.807, 2.05) is 13.8 Å². The predicted molar refractivity (Wildman–Crippen MR) is 63.1 cm³/mol. The van der Waals surface area contributed by atoms with Crippen LogP contribution >= 0.6 is 0 Å². The van der Waals surface area contributed by atoms with E-state index < -0.39 is 17.4 Å². The minimum absolute atomic E-state index is 0.380. The fourth-order valence-electron chi connectivity index (χ4n) is 2.06. The minimum Gasteiger partial charge on any atom is -0.277 e. The van der Waals surface area contributed by atoms with Crippen LogP contribution in [-0.2, 0) is 9.59 Å². The van der Waals surface area contributed by atoms with E-state index in [-0.39, 0.29) is 5.91 Å². The number of hydrogen-bond acceptors (Lipinski definition) is 3. The Hall–Kier alpha value is -1.39. The molecule has 17 heavy (non-hydrogen) atoms. The molecule has 1 saturated heterocycles. The van der Waals surface area contributed by atoms with Gasteiger partial charge in [-0.25, -0.2) is 4.79 Å². The van der Waals surface area contributed by atoms with Crippen molar-refractivity contribution >= 4 is 17.8 Å². The van der Waals surface area contributed by atoms with Crippen LogP contribution in [0.2, 0.25) is 0 Å². The highest BCUT2D eigenvalue weighted by Gasteiger charge is 2.50. The van der Waals surface area contributed by atoms with Gasteiger partial charge in [-0.3, -0.25) is 19.8 Å². The molecule has 0 aliphatic carbocycles. The number of urea groups is 1. The number of barbiturate groups is 1. The van der Waals surface area contributed by atoms with E-state index in [1.165, 1.54) is 7.05 Å². The van der Waals surface area contributed by atoms with E-state index in [4.69, 9.17) is 0 Å². The van der Waals surface area contributed by atoms with Crippen LogP contribution < -0.4 is 5.32 Å². The first-order chi connectivity index (χ1) is 7.85. The zero-order valence-electron chi connectivity index (χ0n) is 10.9. The number of amides is 4. The maximum absolute atomic E-state index is 12.2. The molecule has 0 aromatic heterocycles. The summed E-state index contributed by atoms with van der Waals surface area (Å²) in [5.74, 6) is -0.412. The number of carbonyl (C=O) groups is 3. The minimum atomic E-state index is -1.06. The molecule has 0 radical (unpaired) electrons. The van der Waals surface area contributed by atoms with Crippen LogP contribution in [0.1, 0.15) is 40.0 Å². The summed E-state index contributed by atoms with van der Waals surface area (Å²) in [7, 11) is 1.41. The third-order valence-corrected chi connectivity index (χ3v) is 3.43. The predicted octanol–water partition coefficient (Wildman–Crippen LogP) is 1.53. The average Bonchev–Trinajstić information content (AvgIpc) is 2.27. The normalized spacial score (nSPS) is 25.5. The Morgan fingerprint density at radius 2 is 1.88 bits per heavy atom. The summed E-state index contributed by atoms with van der Waals surface area (Å²) >= 11 is 0. The number of carbonyl (C=O) groups excluding carboxylic acids is 3. The molecule has 4 amide bonds. The van der Waals surface area contributed by atoms with Crippen LogP contribution in [0.4, 0.5) is 4.79 Å². The zero-order chi connectivity index (χ0) is 13.2. The van der Waals surface area contributed by atoms with Gasteiger partial charge in [0.2, 0.25) is 11.8 Å². The highest BCUT2D eigenvalue weighted by molar-refractivity contribution is 6.18. The summed E-state index contributed by atoms with van der Waals surface area (Å²) < 4.78 is 0. The second kappa shape index (κ2) is 4.85. The molecule has 0 bridgehead atoms. The Morgan fingerprint density at radius 1 is 1.29 bits per heavy atom. The first-order valence-corrected chi connectivity index (χ1v) is 5.98. The van der Waals surface area contributed by atoms with Gasteiger partial charge in [-0.2, -0.15) is 0 Å². The summed E-state index contributed by atoms with van der Waals surface area (Å²) in [5, 5.41) is 2.25. The number of nitrogens with zero attached hydrogens (tertiary/aromatic N) is 1. The Balaban J connectivity index is 2.98. The van der Waals surface area contributed by atoms with Crippen molar-refractivity contribution in [2.45, 2.75) is 40.0 Å². The van der Waals surface area contributed by atoms with Crippen molar-refractivity contribution < 1.29 is 14.4 Å². The molecular formula is C12H20N2O3. The quantitative estimate of drug-likeness (QED) is 0.758. The van der Waals surface area contributed by atoms with E-state index in [9.17, 15) is 14.4 Å². The molecule has 1 aliphatic heterocycles. The monoisotopic (exact) mass is 240 g/mol. The van der Waals surface area contributed by atoms with E-state index in [1.54, 1.807) is 6.92 Å². The Bertz CT molecular complexity index is 352. The molecule has 0 aromatic rings. The summed E-state index contributed by atoms with van der Waals surface area (Å²) in [5.41, 5.74) is -1.06. The van der Waals surface area contributed by atoms with Crippen molar-refractivity contribution in [3.63, 3.8) is 0 Å². The standard InChI is InChI=1S/C12H20N2O3/c1-5-12(7-6-8(2)3)9(15)13-11(17)14(4)10(12)16/h8H,5-7H2,1-4H3,(H,13,15,17)/t12-/m1/s1. The van der Waals surface area contributed by atoms with Gasteiger partial charge >= 0.3 is 6.03 Å². The fourth-order valence-corrected chi connectivity index (χ4v) is 2.06. The number of nitrogens with one attached hydrogen (secondary N) is 1. The van der Waals surface area contributed by atoms with Crippen LogP contribution in [0, 0.1) is 11.3 Å². The Kier molecular flexibility index (Phi) is 3.91. The number of rotatable bonds is 4. The van der Waals surface area contributed by atoms with Gasteiger partial charge in [-0.05, 0) is 25.2 Å². The smallest absolute Gasteiger partial charge is 0.277 e. The molecule has 0 saturated carbocycles. The molecule has 5 nitrogen and oxygen atoms in total. The molecular weight excluding hydrogens is 220 g/mol. The van der Waals surface area contributed by atoms with E-state index in [0.717, 1.165) is 11.3 Å². The molecule has 5 heteroatoms. The van der Waals surface area contributed by atoms with Gasteiger partial charge in [-0.1, -0.05) is 20.8 Å². The lowest BCUT2D eigenvalue weighted by Crippen LogP contribution is -2.62. The van der Waals surface area contributed by atoms with Crippen molar-refractivity contribution in [2.75, 3.05) is 7.05 Å². The zero-order valence-corrected chi connectivity index (χ0v) is 10.9. The third kappa shape index (κ3) is 2.33. The van der Waals surface area contributed by atoms with Crippen LogP contribution in [0.15, 0.2) is 0 Å². The van der Waals surface area contributed by atoms with Crippen LogP contribution in [0.25, 0.3) is 0 Å². The largest absolute Gasteiger partial charge is 0.330 e. The fraction of sp³-hybridized carbons (Fsp3) is 0.750. The Morgan fingerprint density at radius 3 is 2.35 bits per heavy atom. The highest BCUT2D eigenvalue weighted by Crippen LogP contribution is 2.34. The first-order valence-electron chi connectivity index (χ1n) is 5.98. The number of imide groups is 2. The summed E-state index contributed by atoms with van der Waals surface area (Å²) in [6.45, 7) is 5.90. The van der Waals surface area contributed by atoms with Gasteiger partial charge in [0, 0.05) is 7.05 Å². The molecule has 1 heterocycles. The van der Waals surface area contributed by atoms with Crippen LogP contribution in [0.5, 0.6) is 0 Å². The van der Waals surface area contributed by atoms with Gasteiger partial charge in [0.05, 0.1) is 0 Å². The molecule has 96 valence electrons. The summed E-state index contributed by atoms with van der Waals surface area (Å²) in [6.07, 6.45) is 1.69. The number of hydrogen-bond donors (Lipinski definition) is 1. The Labute approximate surface area is 102 Å². The van der Waals surface area contributed by atoms with Crippen molar-refractivity contribution in [3.05, 3.63) is 0 Å². The van der Waals surface area contributed by atoms with E-state index >= 15 is 0 Å². The van der Waals surface area contributed by atoms with E-state index in [2.05, 4.69) is 5.32 Å². The summed E-state index contributed by atoms with van der Waals surface area (Å²) in [4.78, 5) is 36.4. The average molecular weight is 240 g/mol. The highest BCUT2D eigenvalue weighted by atomic mass is 16.2. The lowest BCUT2D eigenvalue weighted by atomic mass is 9.76. The van der Waals surface area contributed by atoms with Crippen molar-refractivity contribution in [1.29, 1.82) is 0 Å². The van der Waals surface area contributed by atoms with E-state index in [0.29, 0.717) is 18.8 Å². The molecule has 0 unspecified atom stereocenters. The second-order valence-electron chi connectivity index (χ2n) is 4.99. The first kappa shape index (κ1) is 13.7. The van der Waals surface area contributed by atoms with Crippen molar-refractivity contribution in [2.24, 2.45) is 11.3 Å². The maximum Gasteiger partial charge on any atom is 0.330 e. The molecule has 0 aromatic carbocycles. The van der Waals surface area contributed by atoms with Gasteiger partial charge in [0.1, 0.15) is 5.41 Å². The van der Waals surface area contributed by atoms with Crippen molar-refractivity contribution in [3.8, 4) is 0 Å². The molecule has 1 fully saturated rings. The SMILES string of the molecule is CC[C@@]1(CCC(C)C)C(=O)NC(=O)N(C)C1=O.